The third-order valence-corrected chi connectivity index (χ3v) is 1.43. The van der Waals surface area contributed by atoms with Gasteiger partial charge in [-0.3, -0.25) is 4.79 Å². The Kier molecular flexibility index (Phi) is 3.63. The first-order chi connectivity index (χ1) is 5.24. The first-order valence-corrected chi connectivity index (χ1v) is 3.71. The van der Waals surface area contributed by atoms with Crippen molar-refractivity contribution in [3.05, 3.63) is 0 Å². The minimum Gasteiger partial charge on any atom is -0.480 e. The minimum absolute atomic E-state index is 0.327. The Morgan fingerprint density at radius 1 is 1.50 bits per heavy atom. The van der Waals surface area contributed by atoms with Crippen molar-refractivity contribution in [2.75, 3.05) is 27.7 Å². The smallest absolute Gasteiger partial charge is 0.323 e. The van der Waals surface area contributed by atoms with E-state index in [1.165, 1.54) is 0 Å². The minimum atomic E-state index is -1.19. The fourth-order valence-electron chi connectivity index (χ4n) is 0.839. The summed E-state index contributed by atoms with van der Waals surface area (Å²) in [7, 11) is 5.58. The zero-order chi connectivity index (χ0) is 9.94. The highest BCUT2D eigenvalue weighted by atomic mass is 16.4. The van der Waals surface area contributed by atoms with Crippen LogP contribution in [0.4, 0.5) is 0 Å². The summed E-state index contributed by atoms with van der Waals surface area (Å²) < 4.78 is 0.488. The van der Waals surface area contributed by atoms with Crippen LogP contribution in [-0.2, 0) is 4.79 Å². The molecule has 0 amide bonds. The van der Waals surface area contributed by atoms with Gasteiger partial charge in [0.1, 0.15) is 18.7 Å². The highest BCUT2D eigenvalue weighted by molar-refractivity contribution is 5.73. The topological polar surface area (TPSA) is 83.5 Å². The first kappa shape index (κ1) is 11.4. The van der Waals surface area contributed by atoms with Gasteiger partial charge in [0.25, 0.3) is 0 Å². The van der Waals surface area contributed by atoms with Crippen molar-refractivity contribution in [3.8, 4) is 0 Å². The SMILES string of the molecule is C[N+](C)(C)CC(O)C(N)C(=O)O. The number of carbonyl (C=O) groups is 1. The average Bonchev–Trinajstić information content (AvgIpc) is 1.82. The van der Waals surface area contributed by atoms with E-state index in [0.717, 1.165) is 0 Å². The summed E-state index contributed by atoms with van der Waals surface area (Å²) in [6.45, 7) is 0.327. The van der Waals surface area contributed by atoms with Crippen LogP contribution in [0.2, 0.25) is 0 Å². The van der Waals surface area contributed by atoms with Crippen LogP contribution in [0.3, 0.4) is 0 Å². The second-order valence-electron chi connectivity index (χ2n) is 3.90. The van der Waals surface area contributed by atoms with Crippen molar-refractivity contribution >= 4 is 5.97 Å². The number of nitrogens with two attached hydrogens (primary N) is 1. The number of carboxylic acid groups (broad SMARTS) is 1. The van der Waals surface area contributed by atoms with Crippen LogP contribution < -0.4 is 5.73 Å². The number of aliphatic carboxylic acids is 1. The molecule has 2 unspecified atom stereocenters. The molecule has 0 saturated heterocycles. The molecule has 0 aromatic rings. The van der Waals surface area contributed by atoms with Crippen molar-refractivity contribution in [2.24, 2.45) is 5.73 Å². The van der Waals surface area contributed by atoms with Crippen LogP contribution in [0.25, 0.3) is 0 Å². The molecule has 0 aliphatic rings. The number of rotatable bonds is 4. The highest BCUT2D eigenvalue weighted by Crippen LogP contribution is 1.98. The number of hydrogen-bond donors (Lipinski definition) is 3. The van der Waals surface area contributed by atoms with Crippen molar-refractivity contribution in [2.45, 2.75) is 12.1 Å². The lowest BCUT2D eigenvalue weighted by Crippen LogP contribution is -2.51. The zero-order valence-electron chi connectivity index (χ0n) is 7.69. The predicted octanol–water partition coefficient (Wildman–Crippen LogP) is -1.53. The van der Waals surface area contributed by atoms with Gasteiger partial charge in [-0.15, -0.1) is 0 Å². The highest BCUT2D eigenvalue weighted by Gasteiger charge is 2.26. The maximum Gasteiger partial charge on any atom is 0.323 e. The molecule has 0 bridgehead atoms. The molecule has 0 aliphatic carbocycles. The molecule has 5 heteroatoms. The van der Waals surface area contributed by atoms with Crippen LogP contribution in [0, 0.1) is 0 Å². The molecule has 4 N–H and O–H groups in total. The monoisotopic (exact) mass is 177 g/mol. The van der Waals surface area contributed by atoms with Crippen LogP contribution in [0.15, 0.2) is 0 Å². The molecule has 5 nitrogen and oxygen atoms in total. The lowest BCUT2D eigenvalue weighted by molar-refractivity contribution is -0.873. The number of likely N-dealkylation sites (N-methyl/N-ethyl adjacent to an activating group) is 1. The molecule has 0 spiro atoms. The van der Waals surface area contributed by atoms with Gasteiger partial charge in [0.2, 0.25) is 0 Å². The normalized spacial score (nSPS) is 17.1. The van der Waals surface area contributed by atoms with Crippen LogP contribution in [-0.4, -0.2) is 60.5 Å². The van der Waals surface area contributed by atoms with E-state index >= 15 is 0 Å². The standard InChI is InChI=1S/C7H16N2O3/c1-9(2,3)4-5(10)6(8)7(11)12/h5-6,10H,4,8H2,1-3H3/p+1. The van der Waals surface area contributed by atoms with Crippen LogP contribution in [0.5, 0.6) is 0 Å². The number of aliphatic hydroxyl groups is 1. The largest absolute Gasteiger partial charge is 0.480 e. The molecule has 0 radical (unpaired) electrons. The summed E-state index contributed by atoms with van der Waals surface area (Å²) >= 11 is 0. The molecule has 0 aromatic carbocycles. The van der Waals surface area contributed by atoms with Gasteiger partial charge >= 0.3 is 5.97 Å². The van der Waals surface area contributed by atoms with Gasteiger partial charge in [0.15, 0.2) is 0 Å². The number of carboxylic acids is 1. The Bertz CT molecular complexity index is 165. The second kappa shape index (κ2) is 3.84. The van der Waals surface area contributed by atoms with E-state index < -0.39 is 18.1 Å². The van der Waals surface area contributed by atoms with Gasteiger partial charge < -0.3 is 20.4 Å². The van der Waals surface area contributed by atoms with E-state index in [4.69, 9.17) is 10.8 Å². The molecule has 12 heavy (non-hydrogen) atoms. The number of aliphatic hydroxyl groups excluding tert-OH is 1. The Labute approximate surface area is 72.0 Å². The summed E-state index contributed by atoms with van der Waals surface area (Å²) in [4.78, 5) is 10.3. The molecule has 0 aromatic heterocycles. The molecule has 0 rings (SSSR count). The lowest BCUT2D eigenvalue weighted by Gasteiger charge is -2.27. The van der Waals surface area contributed by atoms with Gasteiger partial charge in [-0.1, -0.05) is 0 Å². The van der Waals surface area contributed by atoms with Gasteiger partial charge in [-0.05, 0) is 0 Å². The third-order valence-electron chi connectivity index (χ3n) is 1.43. The van der Waals surface area contributed by atoms with Gasteiger partial charge in [-0.25, -0.2) is 0 Å². The summed E-state index contributed by atoms with van der Waals surface area (Å²) in [6.07, 6.45) is -0.998. The predicted molar refractivity (Wildman–Crippen MR) is 44.5 cm³/mol. The Balaban J connectivity index is 4.04. The Hall–Kier alpha value is -0.650. The number of quaternary nitrogens is 1. The zero-order valence-corrected chi connectivity index (χ0v) is 7.69. The molecular weight excluding hydrogens is 160 g/mol. The van der Waals surface area contributed by atoms with E-state index in [1.54, 1.807) is 0 Å². The summed E-state index contributed by atoms with van der Waals surface area (Å²) in [6, 6.07) is -1.19. The van der Waals surface area contributed by atoms with E-state index in [0.29, 0.717) is 11.0 Å². The van der Waals surface area contributed by atoms with Crippen LogP contribution >= 0.6 is 0 Å². The van der Waals surface area contributed by atoms with E-state index in [-0.39, 0.29) is 0 Å². The Morgan fingerprint density at radius 3 is 2.17 bits per heavy atom. The molecule has 2 atom stereocenters. The van der Waals surface area contributed by atoms with Gasteiger partial charge in [0.05, 0.1) is 21.1 Å². The summed E-state index contributed by atoms with van der Waals surface area (Å²) in [5, 5.41) is 17.8. The van der Waals surface area contributed by atoms with Crippen molar-refractivity contribution in [1.29, 1.82) is 0 Å². The van der Waals surface area contributed by atoms with Crippen LogP contribution in [0.1, 0.15) is 0 Å². The molecule has 0 aliphatic heterocycles. The quantitative estimate of drug-likeness (QED) is 0.455. The third kappa shape index (κ3) is 4.27. The van der Waals surface area contributed by atoms with Gasteiger partial charge in [0, 0.05) is 0 Å². The molecule has 0 heterocycles. The number of hydrogen-bond acceptors (Lipinski definition) is 3. The molecular formula is C7H17N2O3+. The van der Waals surface area contributed by atoms with Crippen molar-refractivity contribution in [3.63, 3.8) is 0 Å². The molecule has 0 fully saturated rings. The van der Waals surface area contributed by atoms with E-state index in [2.05, 4.69) is 0 Å². The number of nitrogens with zero attached hydrogens (tertiary/aromatic N) is 1. The fourth-order valence-corrected chi connectivity index (χ4v) is 0.839. The Morgan fingerprint density at radius 2 is 1.92 bits per heavy atom. The average molecular weight is 177 g/mol. The maximum absolute atomic E-state index is 10.3. The fraction of sp³-hybridized carbons (Fsp3) is 0.857. The van der Waals surface area contributed by atoms with Crippen molar-refractivity contribution in [1.82, 2.24) is 0 Å². The molecule has 72 valence electrons. The summed E-state index contributed by atoms with van der Waals surface area (Å²) in [5.41, 5.74) is 5.21. The lowest BCUT2D eigenvalue weighted by atomic mass is 10.1. The molecule has 0 saturated carbocycles. The van der Waals surface area contributed by atoms with Gasteiger partial charge in [-0.2, -0.15) is 0 Å². The van der Waals surface area contributed by atoms with E-state index in [9.17, 15) is 9.90 Å². The van der Waals surface area contributed by atoms with E-state index in [1.807, 2.05) is 21.1 Å². The van der Waals surface area contributed by atoms with Crippen molar-refractivity contribution < 1.29 is 19.5 Å². The first-order valence-electron chi connectivity index (χ1n) is 3.71. The summed E-state index contributed by atoms with van der Waals surface area (Å²) in [5.74, 6) is -1.17. The second-order valence-corrected chi connectivity index (χ2v) is 3.90. The maximum atomic E-state index is 10.3.